The van der Waals surface area contributed by atoms with Crippen LogP contribution in [0.3, 0.4) is 0 Å². The lowest BCUT2D eigenvalue weighted by Crippen LogP contribution is -2.99. The number of carbonyl (C=O) groups excluding carboxylic acids is 2. The quantitative estimate of drug-likeness (QED) is 0.211. The maximum absolute atomic E-state index is 12.6. The third kappa shape index (κ3) is 4.36. The monoisotopic (exact) mass is 327 g/mol. The minimum Gasteiger partial charge on any atom is -0.595 e. The molecule has 0 amide bonds. The first-order valence-electron chi connectivity index (χ1n) is 7.35. The van der Waals surface area contributed by atoms with Gasteiger partial charge in [0.15, 0.2) is 11.5 Å². The molecule has 0 bridgehead atoms. The highest BCUT2D eigenvalue weighted by atomic mass is 16.8. The van der Waals surface area contributed by atoms with Crippen molar-refractivity contribution in [3.05, 3.63) is 76.5 Å². The van der Waals surface area contributed by atoms with E-state index in [0.717, 1.165) is 0 Å². The van der Waals surface area contributed by atoms with E-state index < -0.39 is 17.0 Å². The molecule has 6 nitrogen and oxygen atoms in total. The molecular weight excluding hydrogens is 310 g/mol. The molecule has 1 unspecified atom stereocenters. The van der Waals surface area contributed by atoms with Crippen LogP contribution in [-0.2, 0) is 9.53 Å². The van der Waals surface area contributed by atoms with Gasteiger partial charge in [0.1, 0.15) is 5.57 Å². The Balaban J connectivity index is 2.38. The Hall–Kier alpha value is -2.80. The number of nitrogens with one attached hydrogen (secondary N) is 1. The second-order valence-corrected chi connectivity index (χ2v) is 4.90. The highest BCUT2D eigenvalue weighted by molar-refractivity contribution is 6.26. The number of Topliss-reactive ketones (excluding diaryl/α,β-unsaturated/α-hetero) is 1. The highest BCUT2D eigenvalue weighted by Gasteiger charge is 2.21. The molecule has 2 N–H and O–H groups in total. The van der Waals surface area contributed by atoms with Gasteiger partial charge in [-0.05, 0) is 30.7 Å². The Kier molecular flexibility index (Phi) is 5.97. The molecule has 0 aliphatic carbocycles. The largest absolute Gasteiger partial charge is 0.595 e. The molecule has 0 saturated heterocycles. The van der Waals surface area contributed by atoms with Crippen molar-refractivity contribution in [2.24, 2.45) is 0 Å². The van der Waals surface area contributed by atoms with Crippen LogP contribution in [0.2, 0.25) is 0 Å². The minimum absolute atomic E-state index is 0.105. The van der Waals surface area contributed by atoms with Crippen molar-refractivity contribution in [2.45, 2.75) is 6.92 Å². The first kappa shape index (κ1) is 17.6. The summed E-state index contributed by atoms with van der Waals surface area (Å²) in [6.07, 6.45) is 1.40. The molecule has 0 aliphatic rings. The van der Waals surface area contributed by atoms with Gasteiger partial charge in [0.25, 0.3) is 0 Å². The van der Waals surface area contributed by atoms with Gasteiger partial charge in [-0.2, -0.15) is 5.23 Å². The van der Waals surface area contributed by atoms with E-state index in [0.29, 0.717) is 11.1 Å². The SMILES string of the molecule is CCOC(=O)/C(=C\c1ccc([NH+]([O-])O)cc1)C(=O)c1ccccc1. The van der Waals surface area contributed by atoms with Crippen molar-refractivity contribution in [1.29, 1.82) is 0 Å². The van der Waals surface area contributed by atoms with E-state index in [9.17, 15) is 14.8 Å². The number of hydrogen-bond donors (Lipinski definition) is 2. The highest BCUT2D eigenvalue weighted by Crippen LogP contribution is 2.16. The predicted octanol–water partition coefficient (Wildman–Crippen LogP) is 1.92. The number of benzene rings is 2. The molecule has 124 valence electrons. The van der Waals surface area contributed by atoms with E-state index in [4.69, 9.17) is 9.94 Å². The summed E-state index contributed by atoms with van der Waals surface area (Å²) >= 11 is 0. The van der Waals surface area contributed by atoms with Gasteiger partial charge >= 0.3 is 5.97 Å². The third-order valence-corrected chi connectivity index (χ3v) is 3.24. The summed E-state index contributed by atoms with van der Waals surface area (Å²) in [7, 11) is 0. The van der Waals surface area contributed by atoms with Crippen LogP contribution in [-0.4, -0.2) is 23.6 Å². The molecule has 2 aromatic carbocycles. The van der Waals surface area contributed by atoms with Gasteiger partial charge in [0.2, 0.25) is 0 Å². The molecule has 0 heterocycles. The van der Waals surface area contributed by atoms with E-state index >= 15 is 0 Å². The van der Waals surface area contributed by atoms with Crippen LogP contribution in [0.1, 0.15) is 22.8 Å². The maximum atomic E-state index is 12.6. The summed E-state index contributed by atoms with van der Waals surface area (Å²) in [6.45, 7) is 1.81. The molecule has 0 saturated carbocycles. The second-order valence-electron chi connectivity index (χ2n) is 4.90. The maximum Gasteiger partial charge on any atom is 0.342 e. The average Bonchev–Trinajstić information content (AvgIpc) is 2.60. The number of carbonyl (C=O) groups is 2. The Morgan fingerprint density at radius 3 is 2.29 bits per heavy atom. The first-order valence-corrected chi connectivity index (χ1v) is 7.35. The molecule has 24 heavy (non-hydrogen) atoms. The molecule has 2 aromatic rings. The summed E-state index contributed by atoms with van der Waals surface area (Å²) in [5, 5.41) is 18.7. The number of hydrogen-bond acceptors (Lipinski definition) is 5. The van der Waals surface area contributed by atoms with Crippen LogP contribution >= 0.6 is 0 Å². The number of ether oxygens (including phenoxy) is 1. The van der Waals surface area contributed by atoms with Crippen molar-refractivity contribution >= 4 is 23.5 Å². The smallest absolute Gasteiger partial charge is 0.342 e. The van der Waals surface area contributed by atoms with Crippen molar-refractivity contribution in [2.75, 3.05) is 6.61 Å². The number of esters is 1. The fourth-order valence-corrected chi connectivity index (χ4v) is 2.06. The van der Waals surface area contributed by atoms with Crippen LogP contribution in [0.5, 0.6) is 0 Å². The van der Waals surface area contributed by atoms with Crippen LogP contribution in [0.25, 0.3) is 6.08 Å². The Morgan fingerprint density at radius 2 is 1.75 bits per heavy atom. The van der Waals surface area contributed by atoms with Gasteiger partial charge in [0.05, 0.1) is 6.61 Å². The van der Waals surface area contributed by atoms with E-state index in [2.05, 4.69) is 0 Å². The molecule has 0 aliphatic heterocycles. The molecule has 0 spiro atoms. The molecule has 0 aromatic heterocycles. The summed E-state index contributed by atoms with van der Waals surface area (Å²) in [4.78, 5) is 24.7. The number of rotatable bonds is 6. The van der Waals surface area contributed by atoms with Crippen LogP contribution < -0.4 is 5.23 Å². The van der Waals surface area contributed by atoms with E-state index in [-0.39, 0.29) is 17.9 Å². The third-order valence-electron chi connectivity index (χ3n) is 3.24. The summed E-state index contributed by atoms with van der Waals surface area (Å²) in [6, 6.07) is 14.3. The number of ketones is 1. The molecule has 0 fully saturated rings. The first-order chi connectivity index (χ1) is 11.5. The fourth-order valence-electron chi connectivity index (χ4n) is 2.06. The van der Waals surface area contributed by atoms with Gasteiger partial charge in [-0.15, -0.1) is 0 Å². The number of quaternary nitrogens is 1. The van der Waals surface area contributed by atoms with Crippen LogP contribution in [0.4, 0.5) is 5.69 Å². The zero-order valence-corrected chi connectivity index (χ0v) is 13.1. The van der Waals surface area contributed by atoms with E-state index in [1.165, 1.54) is 30.3 Å². The molecule has 6 heteroatoms. The Bertz CT molecular complexity index is 736. The second kappa shape index (κ2) is 8.16. The minimum atomic E-state index is -1.04. The van der Waals surface area contributed by atoms with Crippen LogP contribution in [0.15, 0.2) is 60.2 Å². The molecule has 1 atom stereocenters. The van der Waals surface area contributed by atoms with Gasteiger partial charge < -0.3 is 9.94 Å². The Morgan fingerprint density at radius 1 is 1.12 bits per heavy atom. The standard InChI is InChI=1S/C18H17NO5/c1-2-24-18(21)16(17(20)14-6-4-3-5-7-14)12-13-8-10-15(11-9-13)19(22)23/h3-12,19,22H,2H2,1H3/b16-12-. The normalized spacial score (nSPS) is 12.5. The van der Waals surface area contributed by atoms with Crippen molar-refractivity contribution in [3.63, 3.8) is 0 Å². The van der Waals surface area contributed by atoms with Crippen LogP contribution in [0, 0.1) is 5.21 Å². The van der Waals surface area contributed by atoms with Gasteiger partial charge in [-0.3, -0.25) is 4.79 Å². The molecular formula is C18H17NO5. The summed E-state index contributed by atoms with van der Waals surface area (Å²) in [5.74, 6) is -1.16. The summed E-state index contributed by atoms with van der Waals surface area (Å²) < 4.78 is 4.96. The lowest BCUT2D eigenvalue weighted by molar-refractivity contribution is -0.991. The van der Waals surface area contributed by atoms with Crippen molar-refractivity contribution in [3.8, 4) is 0 Å². The molecule has 0 radical (unpaired) electrons. The summed E-state index contributed by atoms with van der Waals surface area (Å²) in [5.41, 5.74) is 0.927. The zero-order valence-electron chi connectivity index (χ0n) is 13.1. The van der Waals surface area contributed by atoms with Gasteiger partial charge in [-0.25, -0.2) is 10.0 Å². The lowest BCUT2D eigenvalue weighted by Gasteiger charge is -2.11. The van der Waals surface area contributed by atoms with E-state index in [1.807, 2.05) is 0 Å². The van der Waals surface area contributed by atoms with Crippen molar-refractivity contribution in [1.82, 2.24) is 0 Å². The average molecular weight is 327 g/mol. The van der Waals surface area contributed by atoms with Crippen molar-refractivity contribution < 1.29 is 24.8 Å². The van der Waals surface area contributed by atoms with Gasteiger partial charge in [-0.1, -0.05) is 30.3 Å². The molecule has 2 rings (SSSR count). The topological polar surface area (TPSA) is 91.1 Å². The van der Waals surface area contributed by atoms with Gasteiger partial charge in [0, 0.05) is 17.7 Å². The zero-order chi connectivity index (χ0) is 17.5. The Labute approximate surface area is 139 Å². The lowest BCUT2D eigenvalue weighted by atomic mass is 10.0. The van der Waals surface area contributed by atoms with E-state index in [1.54, 1.807) is 37.3 Å². The fraction of sp³-hybridized carbons (Fsp3) is 0.111. The predicted molar refractivity (Wildman–Crippen MR) is 87.6 cm³/mol.